The van der Waals surface area contributed by atoms with Crippen molar-refractivity contribution < 1.29 is 4.79 Å². The van der Waals surface area contributed by atoms with Crippen LogP contribution in [0.25, 0.3) is 21.9 Å². The highest BCUT2D eigenvalue weighted by Gasteiger charge is 2.08. The third-order valence-corrected chi connectivity index (χ3v) is 5.01. The fraction of sp³-hybridized carbons (Fsp3) is 0.227. The summed E-state index contributed by atoms with van der Waals surface area (Å²) in [6.45, 7) is 0.992. The number of rotatable bonds is 7. The van der Waals surface area contributed by atoms with Gasteiger partial charge in [0.1, 0.15) is 0 Å². The molecule has 0 atom stereocenters. The molecule has 0 saturated heterocycles. The van der Waals surface area contributed by atoms with Gasteiger partial charge in [0, 0.05) is 30.6 Å². The third kappa shape index (κ3) is 4.13. The number of amides is 1. The Morgan fingerprint density at radius 1 is 0.966 bits per heavy atom. The minimum atomic E-state index is -0.157. The number of nitrogens with one attached hydrogen (secondary N) is 3. The van der Waals surface area contributed by atoms with Crippen LogP contribution in [0.4, 0.5) is 0 Å². The minimum Gasteiger partial charge on any atom is -0.356 e. The topological polar surface area (TPSA) is 99.8 Å². The van der Waals surface area contributed by atoms with Crippen molar-refractivity contribution in [3.05, 3.63) is 81.0 Å². The summed E-state index contributed by atoms with van der Waals surface area (Å²) in [4.78, 5) is 42.0. The van der Waals surface area contributed by atoms with Crippen LogP contribution >= 0.6 is 0 Å². The molecule has 4 rings (SSSR count). The van der Waals surface area contributed by atoms with E-state index in [-0.39, 0.29) is 23.6 Å². The lowest BCUT2D eigenvalue weighted by Gasteiger charge is -2.07. The number of H-pyrrole nitrogens is 2. The molecule has 0 fully saturated rings. The Kier molecular flexibility index (Phi) is 5.29. The van der Waals surface area contributed by atoms with Crippen LogP contribution in [0.2, 0.25) is 0 Å². The van der Waals surface area contributed by atoms with Gasteiger partial charge in [-0.3, -0.25) is 14.2 Å². The quantitative estimate of drug-likeness (QED) is 0.422. The zero-order valence-corrected chi connectivity index (χ0v) is 15.9. The largest absolute Gasteiger partial charge is 0.356 e. The van der Waals surface area contributed by atoms with Crippen molar-refractivity contribution in [1.82, 2.24) is 19.9 Å². The van der Waals surface area contributed by atoms with E-state index >= 15 is 0 Å². The Bertz CT molecular complexity index is 1280. The average molecular weight is 390 g/mol. The molecule has 0 aliphatic carbocycles. The summed E-state index contributed by atoms with van der Waals surface area (Å²) in [6.07, 6.45) is 1.27. The third-order valence-electron chi connectivity index (χ3n) is 5.01. The zero-order chi connectivity index (χ0) is 20.2. The molecule has 1 amide bonds. The highest BCUT2D eigenvalue weighted by Crippen LogP contribution is 2.11. The molecular weight excluding hydrogens is 368 g/mol. The first-order chi connectivity index (χ1) is 14.1. The Morgan fingerprint density at radius 3 is 2.59 bits per heavy atom. The Balaban J connectivity index is 1.28. The summed E-state index contributed by atoms with van der Waals surface area (Å²) in [5, 5.41) is 3.81. The second-order valence-electron chi connectivity index (χ2n) is 7.01. The van der Waals surface area contributed by atoms with Gasteiger partial charge in [-0.15, -0.1) is 0 Å². The van der Waals surface area contributed by atoms with E-state index in [1.165, 1.54) is 0 Å². The van der Waals surface area contributed by atoms with Gasteiger partial charge in [0.15, 0.2) is 0 Å². The summed E-state index contributed by atoms with van der Waals surface area (Å²) < 4.78 is 1.68. The smallest absolute Gasteiger partial charge is 0.326 e. The van der Waals surface area contributed by atoms with Crippen molar-refractivity contribution in [1.29, 1.82) is 0 Å². The maximum Gasteiger partial charge on any atom is 0.326 e. The second-order valence-corrected chi connectivity index (χ2v) is 7.01. The van der Waals surface area contributed by atoms with Gasteiger partial charge >= 0.3 is 5.69 Å². The first-order valence-corrected chi connectivity index (χ1v) is 9.67. The molecule has 0 aliphatic rings. The molecule has 2 aromatic carbocycles. The number of pyridine rings is 1. The molecule has 2 aromatic heterocycles. The number of imidazole rings is 1. The highest BCUT2D eigenvalue weighted by molar-refractivity contribution is 5.79. The molecular formula is C22H22N4O3. The maximum atomic E-state index is 12.2. The van der Waals surface area contributed by atoms with Crippen LogP contribution < -0.4 is 16.6 Å². The van der Waals surface area contributed by atoms with Crippen LogP contribution in [0.1, 0.15) is 18.4 Å². The Morgan fingerprint density at radius 2 is 1.72 bits per heavy atom. The highest BCUT2D eigenvalue weighted by atomic mass is 16.2. The molecule has 4 aromatic rings. The van der Waals surface area contributed by atoms with Gasteiger partial charge in [-0.1, -0.05) is 30.3 Å². The number of aromatic nitrogens is 3. The monoisotopic (exact) mass is 390 g/mol. The van der Waals surface area contributed by atoms with Crippen molar-refractivity contribution >= 4 is 27.8 Å². The number of para-hydroxylation sites is 3. The van der Waals surface area contributed by atoms with Crippen LogP contribution in [0.15, 0.2) is 64.2 Å². The van der Waals surface area contributed by atoms with Gasteiger partial charge in [-0.05, 0) is 42.5 Å². The number of nitrogens with zero attached hydrogens (tertiary/aromatic N) is 1. The summed E-state index contributed by atoms with van der Waals surface area (Å²) in [6, 6.07) is 16.9. The number of hydrogen-bond acceptors (Lipinski definition) is 3. The molecule has 148 valence electrons. The van der Waals surface area contributed by atoms with Crippen molar-refractivity contribution in [2.24, 2.45) is 0 Å². The molecule has 0 saturated carbocycles. The van der Waals surface area contributed by atoms with Crippen molar-refractivity contribution in [3.63, 3.8) is 0 Å². The van der Waals surface area contributed by atoms with Crippen molar-refractivity contribution in [3.8, 4) is 0 Å². The molecule has 0 aliphatic heterocycles. The van der Waals surface area contributed by atoms with E-state index in [0.717, 1.165) is 21.9 Å². The minimum absolute atomic E-state index is 0.108. The Labute approximate surface area is 166 Å². The average Bonchev–Trinajstić information content (AvgIpc) is 3.04. The van der Waals surface area contributed by atoms with Gasteiger partial charge in [-0.25, -0.2) is 4.79 Å². The number of fused-ring (bicyclic) bond motifs is 2. The first-order valence-electron chi connectivity index (χ1n) is 9.67. The molecule has 0 spiro atoms. The lowest BCUT2D eigenvalue weighted by atomic mass is 10.1. The number of carbonyl (C=O) groups is 1. The predicted molar refractivity (Wildman–Crippen MR) is 113 cm³/mol. The van der Waals surface area contributed by atoms with Gasteiger partial charge < -0.3 is 15.3 Å². The number of benzene rings is 2. The number of aromatic amines is 2. The molecule has 0 bridgehead atoms. The molecule has 3 N–H and O–H groups in total. The number of hydrogen-bond donors (Lipinski definition) is 3. The van der Waals surface area contributed by atoms with E-state index in [1.807, 2.05) is 54.6 Å². The predicted octanol–water partition coefficient (Wildman–Crippen LogP) is 2.31. The normalized spacial score (nSPS) is 11.2. The van der Waals surface area contributed by atoms with Crippen LogP contribution in [0, 0.1) is 0 Å². The van der Waals surface area contributed by atoms with Gasteiger partial charge in [0.05, 0.1) is 11.0 Å². The lowest BCUT2D eigenvalue weighted by molar-refractivity contribution is -0.121. The van der Waals surface area contributed by atoms with Crippen LogP contribution in [-0.4, -0.2) is 27.0 Å². The van der Waals surface area contributed by atoms with E-state index < -0.39 is 0 Å². The molecule has 7 heteroatoms. The first kappa shape index (κ1) is 18.7. The van der Waals surface area contributed by atoms with Crippen LogP contribution in [0.3, 0.4) is 0 Å². The fourth-order valence-electron chi connectivity index (χ4n) is 3.51. The molecule has 29 heavy (non-hydrogen) atoms. The Hall–Kier alpha value is -3.61. The number of aryl methyl sites for hydroxylation is 2. The molecule has 2 heterocycles. The standard InChI is InChI=1S/C22H22N4O3/c27-20(11-10-16-14-15-6-1-2-7-17(15)24-21(16)28)23-12-5-13-26-19-9-4-3-8-18(19)25-22(26)29/h1-4,6-9,14H,5,10-13H2,(H,23,27)(H,24,28)(H,25,29). The molecule has 0 unspecified atom stereocenters. The van der Waals surface area contributed by atoms with Crippen LogP contribution in [-0.2, 0) is 17.8 Å². The van der Waals surface area contributed by atoms with Crippen molar-refractivity contribution in [2.45, 2.75) is 25.8 Å². The molecule has 0 radical (unpaired) electrons. The van der Waals surface area contributed by atoms with Crippen molar-refractivity contribution in [2.75, 3.05) is 6.54 Å². The summed E-state index contributed by atoms with van der Waals surface area (Å²) in [5.74, 6) is -0.108. The van der Waals surface area contributed by atoms with E-state index in [9.17, 15) is 14.4 Å². The maximum absolute atomic E-state index is 12.2. The molecule has 7 nitrogen and oxygen atoms in total. The van der Waals surface area contributed by atoms with E-state index in [4.69, 9.17) is 0 Å². The van der Waals surface area contributed by atoms with E-state index in [2.05, 4.69) is 15.3 Å². The SMILES string of the molecule is O=C(CCc1cc2ccccc2[nH]c1=O)NCCCn1c(=O)[nH]c2ccccc21. The summed E-state index contributed by atoms with van der Waals surface area (Å²) >= 11 is 0. The summed E-state index contributed by atoms with van der Waals surface area (Å²) in [5.41, 5.74) is 2.76. The van der Waals surface area contributed by atoms with Gasteiger partial charge in [0.2, 0.25) is 5.91 Å². The fourth-order valence-corrected chi connectivity index (χ4v) is 3.51. The zero-order valence-electron chi connectivity index (χ0n) is 15.9. The number of carbonyl (C=O) groups excluding carboxylic acids is 1. The van der Waals surface area contributed by atoms with E-state index in [1.54, 1.807) is 4.57 Å². The van der Waals surface area contributed by atoms with Gasteiger partial charge in [0.25, 0.3) is 5.56 Å². The summed E-state index contributed by atoms with van der Waals surface area (Å²) in [7, 11) is 0. The van der Waals surface area contributed by atoms with Gasteiger partial charge in [-0.2, -0.15) is 0 Å². The van der Waals surface area contributed by atoms with E-state index in [0.29, 0.717) is 31.5 Å². The van der Waals surface area contributed by atoms with Crippen LogP contribution in [0.5, 0.6) is 0 Å². The second kappa shape index (κ2) is 8.18. The lowest BCUT2D eigenvalue weighted by Crippen LogP contribution is -2.27.